The van der Waals surface area contributed by atoms with Gasteiger partial charge in [0.05, 0.1) is 0 Å². The third-order valence-corrected chi connectivity index (χ3v) is 1.74. The second-order valence-electron chi connectivity index (χ2n) is 2.48. The van der Waals surface area contributed by atoms with Crippen molar-refractivity contribution in [2.24, 2.45) is 5.16 Å². The molecular weight excluding hydrogens is 161 g/mol. The largest absolute Gasteiger partial charge is 0.486 e. The summed E-state index contributed by atoms with van der Waals surface area (Å²) in [5.41, 5.74) is 1.09. The molecule has 0 atom stereocenters. The standard InChI is InChI=1S/C8H6FNO2/c9-5-1-2-6-7(10-11)4-12-8(6)3-5/h1-3,11H,4H2/b10-7+. The molecule has 0 saturated carbocycles. The Balaban J connectivity index is 2.55. The van der Waals surface area contributed by atoms with Gasteiger partial charge in [0.25, 0.3) is 0 Å². The Morgan fingerprint density at radius 1 is 1.50 bits per heavy atom. The van der Waals surface area contributed by atoms with Gasteiger partial charge in [0.1, 0.15) is 23.9 Å². The van der Waals surface area contributed by atoms with E-state index in [9.17, 15) is 4.39 Å². The highest BCUT2D eigenvalue weighted by Crippen LogP contribution is 2.25. The van der Waals surface area contributed by atoms with Crippen molar-refractivity contribution in [3.05, 3.63) is 29.6 Å². The SMILES string of the molecule is O/N=C1\COc2cc(F)ccc21. The Hall–Kier alpha value is -1.58. The lowest BCUT2D eigenvalue weighted by molar-refractivity contribution is 0.313. The number of nitrogens with zero attached hydrogens (tertiary/aromatic N) is 1. The quantitative estimate of drug-likeness (QED) is 0.468. The summed E-state index contributed by atoms with van der Waals surface area (Å²) in [5, 5.41) is 11.5. The Bertz CT molecular complexity index is 349. The lowest BCUT2D eigenvalue weighted by Crippen LogP contribution is -2.01. The number of benzene rings is 1. The fourth-order valence-electron chi connectivity index (χ4n) is 1.16. The van der Waals surface area contributed by atoms with Crippen molar-refractivity contribution in [1.82, 2.24) is 0 Å². The Morgan fingerprint density at radius 2 is 2.33 bits per heavy atom. The molecule has 3 nitrogen and oxygen atoms in total. The molecule has 1 N–H and O–H groups in total. The van der Waals surface area contributed by atoms with Gasteiger partial charge in [0.2, 0.25) is 0 Å². The Kier molecular flexibility index (Phi) is 1.46. The molecule has 1 aromatic rings. The maximum Gasteiger partial charge on any atom is 0.134 e. The topological polar surface area (TPSA) is 41.8 Å². The van der Waals surface area contributed by atoms with Gasteiger partial charge in [-0.15, -0.1) is 0 Å². The zero-order chi connectivity index (χ0) is 8.55. The average molecular weight is 167 g/mol. The van der Waals surface area contributed by atoms with Crippen LogP contribution in [0.5, 0.6) is 5.75 Å². The molecule has 0 spiro atoms. The second-order valence-corrected chi connectivity index (χ2v) is 2.48. The summed E-state index contributed by atoms with van der Waals surface area (Å²) >= 11 is 0. The average Bonchev–Trinajstić information content (AvgIpc) is 2.46. The maximum absolute atomic E-state index is 12.6. The molecule has 0 amide bonds. The molecule has 1 aliphatic heterocycles. The van der Waals surface area contributed by atoms with Crippen LogP contribution in [-0.4, -0.2) is 17.5 Å². The smallest absolute Gasteiger partial charge is 0.134 e. The van der Waals surface area contributed by atoms with E-state index in [1.54, 1.807) is 0 Å². The number of fused-ring (bicyclic) bond motifs is 1. The van der Waals surface area contributed by atoms with E-state index in [2.05, 4.69) is 5.16 Å². The predicted octanol–water partition coefficient (Wildman–Crippen LogP) is 1.40. The molecule has 0 aromatic heterocycles. The zero-order valence-corrected chi connectivity index (χ0v) is 6.12. The van der Waals surface area contributed by atoms with Crippen LogP contribution in [0.15, 0.2) is 23.4 Å². The van der Waals surface area contributed by atoms with Gasteiger partial charge < -0.3 is 9.94 Å². The first-order valence-electron chi connectivity index (χ1n) is 3.45. The van der Waals surface area contributed by atoms with Crippen LogP contribution in [0.4, 0.5) is 4.39 Å². The highest BCUT2D eigenvalue weighted by molar-refractivity contribution is 6.05. The van der Waals surface area contributed by atoms with Crippen molar-refractivity contribution in [3.8, 4) is 5.75 Å². The fourth-order valence-corrected chi connectivity index (χ4v) is 1.16. The summed E-state index contributed by atoms with van der Waals surface area (Å²) in [4.78, 5) is 0. The van der Waals surface area contributed by atoms with E-state index in [0.717, 1.165) is 0 Å². The number of oxime groups is 1. The minimum Gasteiger partial charge on any atom is -0.486 e. The highest BCUT2D eigenvalue weighted by Gasteiger charge is 2.19. The summed E-state index contributed by atoms with van der Waals surface area (Å²) in [7, 11) is 0. The molecule has 0 saturated heterocycles. The van der Waals surface area contributed by atoms with Crippen LogP contribution in [0.25, 0.3) is 0 Å². The van der Waals surface area contributed by atoms with Gasteiger partial charge in [0.15, 0.2) is 0 Å². The third kappa shape index (κ3) is 0.922. The fraction of sp³-hybridized carbons (Fsp3) is 0.125. The minimum atomic E-state index is -0.354. The van der Waals surface area contributed by atoms with Crippen molar-refractivity contribution in [2.75, 3.05) is 6.61 Å². The molecule has 0 bridgehead atoms. The minimum absolute atomic E-state index is 0.204. The molecule has 0 unspecified atom stereocenters. The van der Waals surface area contributed by atoms with E-state index < -0.39 is 0 Å². The van der Waals surface area contributed by atoms with Crippen LogP contribution in [-0.2, 0) is 0 Å². The molecule has 0 aliphatic carbocycles. The van der Waals surface area contributed by atoms with Gasteiger partial charge >= 0.3 is 0 Å². The first-order valence-corrected chi connectivity index (χ1v) is 3.45. The van der Waals surface area contributed by atoms with Crippen LogP contribution in [0, 0.1) is 5.82 Å². The van der Waals surface area contributed by atoms with Gasteiger partial charge in [-0.25, -0.2) is 4.39 Å². The molecule has 2 rings (SSSR count). The van der Waals surface area contributed by atoms with Crippen molar-refractivity contribution >= 4 is 5.71 Å². The molecule has 1 aliphatic rings. The first-order chi connectivity index (χ1) is 5.81. The molecule has 1 aromatic carbocycles. The Labute approximate surface area is 68.1 Å². The van der Waals surface area contributed by atoms with Crippen molar-refractivity contribution < 1.29 is 14.3 Å². The summed E-state index contributed by atoms with van der Waals surface area (Å²) in [6, 6.07) is 4.11. The maximum atomic E-state index is 12.6. The molecule has 12 heavy (non-hydrogen) atoms. The summed E-state index contributed by atoms with van der Waals surface area (Å²) < 4.78 is 17.7. The second kappa shape index (κ2) is 2.48. The number of rotatable bonds is 0. The van der Waals surface area contributed by atoms with E-state index in [1.165, 1.54) is 18.2 Å². The van der Waals surface area contributed by atoms with Crippen LogP contribution in [0.1, 0.15) is 5.56 Å². The number of hydrogen-bond donors (Lipinski definition) is 1. The van der Waals surface area contributed by atoms with E-state index in [-0.39, 0.29) is 12.4 Å². The van der Waals surface area contributed by atoms with Crippen molar-refractivity contribution in [3.63, 3.8) is 0 Å². The van der Waals surface area contributed by atoms with Gasteiger partial charge in [0, 0.05) is 11.6 Å². The number of hydrogen-bond acceptors (Lipinski definition) is 3. The van der Waals surface area contributed by atoms with Gasteiger partial charge in [-0.1, -0.05) is 5.16 Å². The molecule has 0 radical (unpaired) electrons. The monoisotopic (exact) mass is 167 g/mol. The Morgan fingerprint density at radius 3 is 3.08 bits per heavy atom. The van der Waals surface area contributed by atoms with Crippen molar-refractivity contribution in [2.45, 2.75) is 0 Å². The van der Waals surface area contributed by atoms with Gasteiger partial charge in [-0.05, 0) is 12.1 Å². The van der Waals surface area contributed by atoms with Gasteiger partial charge in [-0.2, -0.15) is 0 Å². The van der Waals surface area contributed by atoms with Crippen LogP contribution >= 0.6 is 0 Å². The van der Waals surface area contributed by atoms with E-state index in [1.807, 2.05) is 0 Å². The van der Waals surface area contributed by atoms with Crippen LogP contribution < -0.4 is 4.74 Å². The van der Waals surface area contributed by atoms with Crippen LogP contribution in [0.3, 0.4) is 0 Å². The molecule has 62 valence electrons. The normalized spacial score (nSPS) is 17.6. The van der Waals surface area contributed by atoms with E-state index in [4.69, 9.17) is 9.94 Å². The predicted molar refractivity (Wildman–Crippen MR) is 40.2 cm³/mol. The highest BCUT2D eigenvalue weighted by atomic mass is 19.1. The summed E-state index contributed by atoms with van der Waals surface area (Å²) in [5.74, 6) is 0.0794. The molecule has 4 heteroatoms. The summed E-state index contributed by atoms with van der Waals surface area (Å²) in [6.45, 7) is 0.204. The van der Waals surface area contributed by atoms with Crippen molar-refractivity contribution in [1.29, 1.82) is 0 Å². The van der Waals surface area contributed by atoms with Crippen LogP contribution in [0.2, 0.25) is 0 Å². The third-order valence-electron chi connectivity index (χ3n) is 1.74. The lowest BCUT2D eigenvalue weighted by Gasteiger charge is -1.95. The first kappa shape index (κ1) is 7.09. The molecule has 0 fully saturated rings. The number of ether oxygens (including phenoxy) is 1. The van der Waals surface area contributed by atoms with E-state index in [0.29, 0.717) is 17.0 Å². The lowest BCUT2D eigenvalue weighted by atomic mass is 10.1. The van der Waals surface area contributed by atoms with E-state index >= 15 is 0 Å². The van der Waals surface area contributed by atoms with Gasteiger partial charge in [-0.3, -0.25) is 0 Å². The molecule has 1 heterocycles. The number of halogens is 1. The summed E-state index contributed by atoms with van der Waals surface area (Å²) in [6.07, 6.45) is 0. The molecular formula is C8H6FNO2. The zero-order valence-electron chi connectivity index (χ0n) is 6.12.